The molecule has 0 aliphatic rings. The maximum Gasteiger partial charge on any atom is 0.189 e. The summed E-state index contributed by atoms with van der Waals surface area (Å²) in [6.45, 7) is 7.34. The molecule has 23 heavy (non-hydrogen) atoms. The first-order valence-corrected chi connectivity index (χ1v) is 7.33. The Morgan fingerprint density at radius 2 is 1.74 bits per heavy atom. The second-order valence-electron chi connectivity index (χ2n) is 5.89. The molecule has 0 radical (unpaired) electrons. The van der Waals surface area contributed by atoms with Crippen molar-refractivity contribution in [2.24, 2.45) is 0 Å². The monoisotopic (exact) mass is 308 g/mol. The van der Waals surface area contributed by atoms with Gasteiger partial charge in [-0.15, -0.1) is 6.58 Å². The number of aromatic hydroxyl groups is 2. The fourth-order valence-electron chi connectivity index (χ4n) is 2.34. The Bertz CT molecular complexity index is 756. The number of ketones is 1. The summed E-state index contributed by atoms with van der Waals surface area (Å²) in [4.78, 5) is 12.4. The highest BCUT2D eigenvalue weighted by molar-refractivity contribution is 6.09. The molecule has 0 spiro atoms. The minimum atomic E-state index is -0.659. The number of benzene rings is 2. The first-order chi connectivity index (χ1) is 10.9. The number of carbonyl (C=O) groups is 1. The van der Waals surface area contributed by atoms with E-state index in [2.05, 4.69) is 6.58 Å². The Labute approximate surface area is 136 Å². The second-order valence-corrected chi connectivity index (χ2v) is 5.89. The fraction of sp³-hybridized carbons (Fsp3) is 0.150. The number of rotatable bonds is 5. The number of carbonyl (C=O) groups excluding carboxylic acids is 1. The van der Waals surface area contributed by atoms with Gasteiger partial charge in [0.15, 0.2) is 5.78 Å². The van der Waals surface area contributed by atoms with Crippen LogP contribution in [0.25, 0.3) is 6.08 Å². The average Bonchev–Trinajstić information content (AvgIpc) is 2.53. The fourth-order valence-corrected chi connectivity index (χ4v) is 2.34. The maximum absolute atomic E-state index is 12.4. The van der Waals surface area contributed by atoms with Crippen LogP contribution in [0, 0.1) is 0 Å². The third-order valence-corrected chi connectivity index (χ3v) is 3.80. The van der Waals surface area contributed by atoms with Gasteiger partial charge in [0, 0.05) is 11.0 Å². The van der Waals surface area contributed by atoms with Gasteiger partial charge in [-0.25, -0.2) is 0 Å². The van der Waals surface area contributed by atoms with E-state index in [9.17, 15) is 15.0 Å². The van der Waals surface area contributed by atoms with Gasteiger partial charge in [0.25, 0.3) is 0 Å². The molecule has 0 aromatic heterocycles. The molecule has 0 heterocycles. The molecule has 3 heteroatoms. The van der Waals surface area contributed by atoms with Gasteiger partial charge in [-0.3, -0.25) is 4.79 Å². The molecule has 3 nitrogen and oxygen atoms in total. The third kappa shape index (κ3) is 3.51. The van der Waals surface area contributed by atoms with E-state index in [1.807, 2.05) is 44.2 Å². The van der Waals surface area contributed by atoms with Crippen molar-refractivity contribution in [3.8, 4) is 11.5 Å². The van der Waals surface area contributed by atoms with E-state index in [1.165, 1.54) is 18.2 Å². The average molecular weight is 308 g/mol. The van der Waals surface area contributed by atoms with Gasteiger partial charge in [-0.05, 0) is 23.8 Å². The number of hydrogen-bond donors (Lipinski definition) is 2. The van der Waals surface area contributed by atoms with Crippen LogP contribution < -0.4 is 0 Å². The first-order valence-electron chi connectivity index (χ1n) is 7.33. The zero-order chi connectivity index (χ0) is 17.0. The van der Waals surface area contributed by atoms with Gasteiger partial charge >= 0.3 is 0 Å². The first kappa shape index (κ1) is 16.6. The van der Waals surface area contributed by atoms with E-state index < -0.39 is 5.41 Å². The van der Waals surface area contributed by atoms with Gasteiger partial charge in [0.05, 0.1) is 5.56 Å². The highest BCUT2D eigenvalue weighted by atomic mass is 16.3. The smallest absolute Gasteiger partial charge is 0.189 e. The number of phenols is 2. The van der Waals surface area contributed by atoms with Crippen LogP contribution in [-0.2, 0) is 5.41 Å². The molecule has 0 aliphatic carbocycles. The van der Waals surface area contributed by atoms with E-state index in [0.29, 0.717) is 5.56 Å². The summed E-state index contributed by atoms with van der Waals surface area (Å²) in [7, 11) is 0. The topological polar surface area (TPSA) is 57.5 Å². The summed E-state index contributed by atoms with van der Waals surface area (Å²) in [5.41, 5.74) is 0.685. The summed E-state index contributed by atoms with van der Waals surface area (Å²) < 4.78 is 0. The lowest BCUT2D eigenvalue weighted by atomic mass is 9.82. The molecule has 118 valence electrons. The lowest BCUT2D eigenvalue weighted by Gasteiger charge is -2.23. The van der Waals surface area contributed by atoms with Gasteiger partial charge in [-0.2, -0.15) is 0 Å². The van der Waals surface area contributed by atoms with E-state index in [1.54, 1.807) is 12.2 Å². The molecule has 0 saturated heterocycles. The summed E-state index contributed by atoms with van der Waals surface area (Å²) in [5, 5.41) is 20.5. The Morgan fingerprint density at radius 1 is 1.09 bits per heavy atom. The van der Waals surface area contributed by atoms with Crippen molar-refractivity contribution < 1.29 is 15.0 Å². The quantitative estimate of drug-likeness (QED) is 0.487. The number of phenolic OH excluding ortho intramolecular Hbond substituents is 2. The van der Waals surface area contributed by atoms with Crippen molar-refractivity contribution in [3.63, 3.8) is 0 Å². The summed E-state index contributed by atoms with van der Waals surface area (Å²) in [6.07, 6.45) is 4.72. The third-order valence-electron chi connectivity index (χ3n) is 3.80. The van der Waals surface area contributed by atoms with Crippen LogP contribution in [0.5, 0.6) is 11.5 Å². The second kappa shape index (κ2) is 6.53. The summed E-state index contributed by atoms with van der Waals surface area (Å²) in [6, 6.07) is 12.3. The van der Waals surface area contributed by atoms with Gasteiger partial charge in [-0.1, -0.05) is 56.3 Å². The standard InChI is InChI=1S/C20H20O3/c1-4-20(2,3)18-17(22)13-11-15(19(18)23)16(21)12-10-14-8-6-5-7-9-14/h4-13,22-23H,1H2,2-3H3/b12-10+. The molecule has 2 aromatic carbocycles. The van der Waals surface area contributed by atoms with Crippen LogP contribution in [0.4, 0.5) is 0 Å². The highest BCUT2D eigenvalue weighted by Gasteiger charge is 2.27. The highest BCUT2D eigenvalue weighted by Crippen LogP contribution is 2.40. The molecule has 0 aliphatic heterocycles. The van der Waals surface area contributed by atoms with Gasteiger partial charge in [0.1, 0.15) is 11.5 Å². The SMILES string of the molecule is C=CC(C)(C)c1c(O)ccc(C(=O)/C=C/c2ccccc2)c1O. The normalized spacial score (nSPS) is 11.6. The summed E-state index contributed by atoms with van der Waals surface area (Å²) in [5.74, 6) is -0.596. The number of allylic oxidation sites excluding steroid dienone is 2. The van der Waals surface area contributed by atoms with Crippen LogP contribution in [0.15, 0.2) is 61.2 Å². The maximum atomic E-state index is 12.4. The molecule has 0 bridgehead atoms. The van der Waals surface area contributed by atoms with Crippen molar-refractivity contribution in [2.45, 2.75) is 19.3 Å². The Hall–Kier alpha value is -2.81. The predicted octanol–water partition coefficient (Wildman–Crippen LogP) is 4.46. The molecule has 2 aromatic rings. The molecule has 2 N–H and O–H groups in total. The van der Waals surface area contributed by atoms with Crippen molar-refractivity contribution >= 4 is 11.9 Å². The molecule has 0 amide bonds. The zero-order valence-corrected chi connectivity index (χ0v) is 13.3. The lowest BCUT2D eigenvalue weighted by Crippen LogP contribution is -2.14. The molecular weight excluding hydrogens is 288 g/mol. The zero-order valence-electron chi connectivity index (χ0n) is 13.3. The lowest BCUT2D eigenvalue weighted by molar-refractivity contribution is 0.104. The summed E-state index contributed by atoms with van der Waals surface area (Å²) >= 11 is 0. The van der Waals surface area contributed by atoms with Crippen molar-refractivity contribution in [1.29, 1.82) is 0 Å². The van der Waals surface area contributed by atoms with Crippen molar-refractivity contribution in [1.82, 2.24) is 0 Å². The Kier molecular flexibility index (Phi) is 4.70. The van der Waals surface area contributed by atoms with Crippen molar-refractivity contribution in [2.75, 3.05) is 0 Å². The van der Waals surface area contributed by atoms with Crippen LogP contribution in [0.1, 0.15) is 35.3 Å². The molecule has 2 rings (SSSR count). The molecular formula is C20H20O3. The minimum absolute atomic E-state index is 0.0593. The van der Waals surface area contributed by atoms with Crippen LogP contribution in [0.2, 0.25) is 0 Å². The molecule has 0 saturated carbocycles. The Morgan fingerprint density at radius 3 is 2.35 bits per heavy atom. The van der Waals surface area contributed by atoms with Crippen molar-refractivity contribution in [3.05, 3.63) is 77.9 Å². The predicted molar refractivity (Wildman–Crippen MR) is 92.8 cm³/mol. The largest absolute Gasteiger partial charge is 0.507 e. The molecule has 0 fully saturated rings. The van der Waals surface area contributed by atoms with E-state index in [0.717, 1.165) is 5.56 Å². The van der Waals surface area contributed by atoms with Gasteiger partial charge in [0.2, 0.25) is 0 Å². The van der Waals surface area contributed by atoms with Crippen LogP contribution >= 0.6 is 0 Å². The molecule has 0 unspecified atom stereocenters. The van der Waals surface area contributed by atoms with Crippen LogP contribution in [-0.4, -0.2) is 16.0 Å². The molecule has 0 atom stereocenters. The minimum Gasteiger partial charge on any atom is -0.507 e. The van der Waals surface area contributed by atoms with E-state index in [4.69, 9.17) is 0 Å². The number of hydrogen-bond acceptors (Lipinski definition) is 3. The Balaban J connectivity index is 2.41. The van der Waals surface area contributed by atoms with E-state index >= 15 is 0 Å². The van der Waals surface area contributed by atoms with E-state index in [-0.39, 0.29) is 22.8 Å². The van der Waals surface area contributed by atoms with Gasteiger partial charge < -0.3 is 10.2 Å². The van der Waals surface area contributed by atoms with Crippen LogP contribution in [0.3, 0.4) is 0 Å².